The lowest BCUT2D eigenvalue weighted by Crippen LogP contribution is -2.00. The minimum absolute atomic E-state index is 0.255. The number of para-hydroxylation sites is 1. The maximum absolute atomic E-state index is 5.54. The third kappa shape index (κ3) is 3.71. The summed E-state index contributed by atoms with van der Waals surface area (Å²) in [6, 6.07) is 26.6. The minimum atomic E-state index is 0.255. The Kier molecular flexibility index (Phi) is 4.92. The third-order valence-corrected chi connectivity index (χ3v) is 5.67. The van der Waals surface area contributed by atoms with Crippen LogP contribution in [0.2, 0.25) is 0 Å². The Morgan fingerprint density at radius 3 is 2.41 bits per heavy atom. The molecular weight excluding hydrogens is 382 g/mol. The Morgan fingerprint density at radius 1 is 0.828 bits per heavy atom. The second-order valence-electron chi connectivity index (χ2n) is 6.63. The van der Waals surface area contributed by atoms with Gasteiger partial charge in [0.1, 0.15) is 0 Å². The predicted molar refractivity (Wildman–Crippen MR) is 114 cm³/mol. The van der Waals surface area contributed by atoms with E-state index in [1.54, 1.807) is 11.8 Å². The Bertz CT molecular complexity index is 1110. The topological polar surface area (TPSA) is 49.2 Å². The molecule has 0 atom stereocenters. The number of nitrogens with zero attached hydrogens (tertiary/aromatic N) is 3. The van der Waals surface area contributed by atoms with E-state index in [2.05, 4.69) is 51.2 Å². The summed E-state index contributed by atoms with van der Waals surface area (Å²) in [6.45, 7) is 0.255. The molecule has 1 aliphatic heterocycles. The van der Waals surface area contributed by atoms with Crippen LogP contribution in [0.4, 0.5) is 0 Å². The van der Waals surface area contributed by atoms with E-state index in [0.29, 0.717) is 0 Å². The molecule has 0 saturated carbocycles. The molecule has 144 valence electrons. The van der Waals surface area contributed by atoms with Crippen molar-refractivity contribution in [2.24, 2.45) is 0 Å². The van der Waals surface area contributed by atoms with E-state index in [1.807, 2.05) is 42.5 Å². The van der Waals surface area contributed by atoms with Crippen molar-refractivity contribution in [1.82, 2.24) is 14.8 Å². The summed E-state index contributed by atoms with van der Waals surface area (Å²) in [7, 11) is 0. The maximum atomic E-state index is 5.54. The van der Waals surface area contributed by atoms with E-state index >= 15 is 0 Å². The van der Waals surface area contributed by atoms with Gasteiger partial charge in [-0.05, 0) is 42.3 Å². The number of hydrogen-bond acceptors (Lipinski definition) is 5. The van der Waals surface area contributed by atoms with E-state index in [1.165, 1.54) is 5.56 Å². The zero-order valence-corrected chi connectivity index (χ0v) is 16.5. The molecule has 29 heavy (non-hydrogen) atoms. The lowest BCUT2D eigenvalue weighted by molar-refractivity contribution is 0.174. The first-order valence-corrected chi connectivity index (χ1v) is 10.4. The molecule has 0 aliphatic carbocycles. The molecule has 3 aromatic carbocycles. The molecule has 0 fully saturated rings. The van der Waals surface area contributed by atoms with E-state index in [4.69, 9.17) is 9.47 Å². The fourth-order valence-corrected chi connectivity index (χ4v) is 4.24. The van der Waals surface area contributed by atoms with E-state index in [9.17, 15) is 0 Å². The molecular formula is C23H19N3O2S. The molecule has 1 aliphatic rings. The van der Waals surface area contributed by atoms with Gasteiger partial charge in [0.2, 0.25) is 6.79 Å². The highest BCUT2D eigenvalue weighted by atomic mass is 32.2. The van der Waals surface area contributed by atoms with Crippen LogP contribution in [-0.4, -0.2) is 27.3 Å². The lowest BCUT2D eigenvalue weighted by Gasteiger charge is -2.10. The van der Waals surface area contributed by atoms with Gasteiger partial charge in [-0.2, -0.15) is 0 Å². The quantitative estimate of drug-likeness (QED) is 0.426. The SMILES string of the molecule is c1ccc(CCSc2nnc(-c3ccc4c(c3)OCO4)n2-c2ccccc2)cc1. The summed E-state index contributed by atoms with van der Waals surface area (Å²) < 4.78 is 13.1. The molecule has 0 bridgehead atoms. The van der Waals surface area contributed by atoms with Crippen molar-refractivity contribution in [3.63, 3.8) is 0 Å². The molecule has 0 N–H and O–H groups in total. The van der Waals surface area contributed by atoms with Gasteiger partial charge in [-0.15, -0.1) is 10.2 Å². The number of benzene rings is 3. The summed E-state index contributed by atoms with van der Waals surface area (Å²) >= 11 is 1.71. The second kappa shape index (κ2) is 8.01. The van der Waals surface area contributed by atoms with Crippen LogP contribution in [0.3, 0.4) is 0 Å². The second-order valence-corrected chi connectivity index (χ2v) is 7.69. The van der Waals surface area contributed by atoms with Crippen molar-refractivity contribution in [3.05, 3.63) is 84.4 Å². The van der Waals surface area contributed by atoms with Gasteiger partial charge in [-0.25, -0.2) is 0 Å². The van der Waals surface area contributed by atoms with Crippen LogP contribution in [0, 0.1) is 0 Å². The van der Waals surface area contributed by atoms with Crippen molar-refractivity contribution in [3.8, 4) is 28.6 Å². The average Bonchev–Trinajstić information content (AvgIpc) is 3.41. The summed E-state index contributed by atoms with van der Waals surface area (Å²) in [5.74, 6) is 3.22. The molecule has 0 unspecified atom stereocenters. The Hall–Kier alpha value is -3.25. The summed E-state index contributed by atoms with van der Waals surface area (Å²) in [4.78, 5) is 0. The first-order chi connectivity index (χ1) is 14.4. The molecule has 6 heteroatoms. The number of fused-ring (bicyclic) bond motifs is 1. The van der Waals surface area contributed by atoms with Crippen LogP contribution in [0.15, 0.2) is 84.0 Å². The standard InChI is InChI=1S/C23H19N3O2S/c1-3-7-17(8-4-1)13-14-29-23-25-24-22(26(23)19-9-5-2-6-10-19)18-11-12-20-21(15-18)28-16-27-20/h1-12,15H,13-14,16H2. The van der Waals surface area contributed by atoms with Gasteiger partial charge in [0.25, 0.3) is 0 Å². The van der Waals surface area contributed by atoms with Gasteiger partial charge in [-0.1, -0.05) is 60.3 Å². The van der Waals surface area contributed by atoms with E-state index < -0.39 is 0 Å². The largest absolute Gasteiger partial charge is 0.454 e. The van der Waals surface area contributed by atoms with Crippen molar-refractivity contribution < 1.29 is 9.47 Å². The monoisotopic (exact) mass is 401 g/mol. The van der Waals surface area contributed by atoms with E-state index in [0.717, 1.165) is 45.9 Å². The average molecular weight is 401 g/mol. The van der Waals surface area contributed by atoms with Crippen molar-refractivity contribution in [2.75, 3.05) is 12.5 Å². The lowest BCUT2D eigenvalue weighted by atomic mass is 10.2. The van der Waals surface area contributed by atoms with Gasteiger partial charge >= 0.3 is 0 Å². The first kappa shape index (κ1) is 17.8. The molecule has 0 amide bonds. The van der Waals surface area contributed by atoms with E-state index in [-0.39, 0.29) is 6.79 Å². The Labute approximate surface area is 173 Å². The van der Waals surface area contributed by atoms with Gasteiger partial charge < -0.3 is 9.47 Å². The number of rotatable bonds is 6. The fraction of sp³-hybridized carbons (Fsp3) is 0.130. The zero-order valence-electron chi connectivity index (χ0n) is 15.7. The first-order valence-electron chi connectivity index (χ1n) is 9.46. The van der Waals surface area contributed by atoms with Crippen LogP contribution >= 0.6 is 11.8 Å². The number of hydrogen-bond donors (Lipinski definition) is 0. The third-order valence-electron chi connectivity index (χ3n) is 4.74. The molecule has 5 nitrogen and oxygen atoms in total. The molecule has 2 heterocycles. The van der Waals surface area contributed by atoms with Gasteiger partial charge in [-0.3, -0.25) is 4.57 Å². The number of aryl methyl sites for hydroxylation is 1. The Morgan fingerprint density at radius 2 is 1.59 bits per heavy atom. The maximum Gasteiger partial charge on any atom is 0.231 e. The van der Waals surface area contributed by atoms with Crippen molar-refractivity contribution in [2.45, 2.75) is 11.6 Å². The molecule has 4 aromatic rings. The van der Waals surface area contributed by atoms with Crippen LogP contribution < -0.4 is 9.47 Å². The molecule has 0 spiro atoms. The fourth-order valence-electron chi connectivity index (χ4n) is 3.30. The van der Waals surface area contributed by atoms with Crippen molar-refractivity contribution in [1.29, 1.82) is 0 Å². The molecule has 0 saturated heterocycles. The number of aromatic nitrogens is 3. The minimum Gasteiger partial charge on any atom is -0.454 e. The summed E-state index contributed by atoms with van der Waals surface area (Å²) in [5, 5.41) is 9.88. The molecule has 1 aromatic heterocycles. The van der Waals surface area contributed by atoms with Crippen LogP contribution in [0.5, 0.6) is 11.5 Å². The van der Waals surface area contributed by atoms with Crippen LogP contribution in [-0.2, 0) is 6.42 Å². The van der Waals surface area contributed by atoms with Gasteiger partial charge in [0, 0.05) is 17.0 Å². The normalized spacial score (nSPS) is 12.3. The summed E-state index contributed by atoms with van der Waals surface area (Å²) in [6.07, 6.45) is 0.979. The van der Waals surface area contributed by atoms with Crippen LogP contribution in [0.1, 0.15) is 5.56 Å². The highest BCUT2D eigenvalue weighted by Gasteiger charge is 2.19. The zero-order chi connectivity index (χ0) is 19.5. The number of ether oxygens (including phenoxy) is 2. The highest BCUT2D eigenvalue weighted by Crippen LogP contribution is 2.37. The molecule has 0 radical (unpaired) electrons. The Balaban J connectivity index is 1.47. The van der Waals surface area contributed by atoms with Gasteiger partial charge in [0.05, 0.1) is 0 Å². The highest BCUT2D eigenvalue weighted by molar-refractivity contribution is 7.99. The van der Waals surface area contributed by atoms with Crippen LogP contribution in [0.25, 0.3) is 17.1 Å². The number of thioether (sulfide) groups is 1. The van der Waals surface area contributed by atoms with Crippen molar-refractivity contribution >= 4 is 11.8 Å². The van der Waals surface area contributed by atoms with Gasteiger partial charge in [0.15, 0.2) is 22.5 Å². The predicted octanol–water partition coefficient (Wildman–Crippen LogP) is 5.00. The smallest absolute Gasteiger partial charge is 0.231 e. The summed E-state index contributed by atoms with van der Waals surface area (Å²) in [5.41, 5.74) is 3.30. The molecule has 5 rings (SSSR count).